The van der Waals surface area contributed by atoms with E-state index in [1.807, 2.05) is 0 Å². The Morgan fingerprint density at radius 1 is 1.44 bits per heavy atom. The third-order valence-corrected chi connectivity index (χ3v) is 2.51. The largest absolute Gasteiger partial charge is 0.364 e. The maximum atomic E-state index is 12.8. The van der Waals surface area contributed by atoms with Crippen LogP contribution in [-0.4, -0.2) is 11.1 Å². The standard InChI is InChI=1S/C10H6BrFN2O2/c11-7-5-6(12)1-2-8(7)13-10(15)9-3-4-16-14-9/h1-5H,(H,13,15). The van der Waals surface area contributed by atoms with Crippen LogP contribution in [0.3, 0.4) is 0 Å². The van der Waals surface area contributed by atoms with Crippen molar-refractivity contribution >= 4 is 27.5 Å². The van der Waals surface area contributed by atoms with E-state index < -0.39 is 5.91 Å². The van der Waals surface area contributed by atoms with Gasteiger partial charge in [0.2, 0.25) is 0 Å². The van der Waals surface area contributed by atoms with Gasteiger partial charge in [0.1, 0.15) is 12.1 Å². The van der Waals surface area contributed by atoms with Gasteiger partial charge in [0.05, 0.1) is 5.69 Å². The maximum Gasteiger partial charge on any atom is 0.277 e. The van der Waals surface area contributed by atoms with E-state index in [0.717, 1.165) is 0 Å². The third kappa shape index (κ3) is 2.27. The average Bonchev–Trinajstić information content (AvgIpc) is 2.75. The van der Waals surface area contributed by atoms with Crippen LogP contribution >= 0.6 is 15.9 Å². The Morgan fingerprint density at radius 2 is 2.25 bits per heavy atom. The zero-order valence-electron chi connectivity index (χ0n) is 7.91. The van der Waals surface area contributed by atoms with E-state index in [2.05, 4.69) is 30.9 Å². The number of aromatic nitrogens is 1. The van der Waals surface area contributed by atoms with Gasteiger partial charge < -0.3 is 9.84 Å². The molecule has 0 aliphatic rings. The first-order chi connectivity index (χ1) is 7.66. The minimum absolute atomic E-state index is 0.163. The number of halogens is 2. The molecule has 2 rings (SSSR count). The van der Waals surface area contributed by atoms with Crippen LogP contribution in [0.25, 0.3) is 0 Å². The molecule has 0 fully saturated rings. The van der Waals surface area contributed by atoms with Gasteiger partial charge in [-0.1, -0.05) is 5.16 Å². The van der Waals surface area contributed by atoms with E-state index >= 15 is 0 Å². The summed E-state index contributed by atoms with van der Waals surface area (Å²) >= 11 is 3.14. The molecule has 0 bridgehead atoms. The summed E-state index contributed by atoms with van der Waals surface area (Å²) in [7, 11) is 0. The van der Waals surface area contributed by atoms with Crippen LogP contribution in [0.1, 0.15) is 10.5 Å². The topological polar surface area (TPSA) is 55.1 Å². The highest BCUT2D eigenvalue weighted by molar-refractivity contribution is 9.10. The lowest BCUT2D eigenvalue weighted by atomic mass is 10.3. The number of hydrogen-bond donors (Lipinski definition) is 1. The quantitative estimate of drug-likeness (QED) is 0.923. The fourth-order valence-electron chi connectivity index (χ4n) is 1.11. The molecule has 16 heavy (non-hydrogen) atoms. The molecular formula is C10H6BrFN2O2. The van der Waals surface area contributed by atoms with Crippen LogP contribution in [0.15, 0.2) is 39.5 Å². The molecule has 0 radical (unpaired) electrons. The summed E-state index contributed by atoms with van der Waals surface area (Å²) in [5.41, 5.74) is 0.630. The average molecular weight is 285 g/mol. The minimum atomic E-state index is -0.416. The number of carbonyl (C=O) groups excluding carboxylic acids is 1. The lowest BCUT2D eigenvalue weighted by Crippen LogP contribution is -2.12. The molecule has 82 valence electrons. The van der Waals surface area contributed by atoms with E-state index in [4.69, 9.17) is 0 Å². The van der Waals surface area contributed by atoms with Gasteiger partial charge in [0, 0.05) is 10.5 Å². The molecule has 0 atom stereocenters. The van der Waals surface area contributed by atoms with Crippen LogP contribution in [0.2, 0.25) is 0 Å². The molecule has 0 saturated heterocycles. The second-order valence-corrected chi connectivity index (χ2v) is 3.82. The Balaban J connectivity index is 2.18. The minimum Gasteiger partial charge on any atom is -0.364 e. The number of benzene rings is 1. The van der Waals surface area contributed by atoms with Crippen molar-refractivity contribution in [2.24, 2.45) is 0 Å². The van der Waals surface area contributed by atoms with Crippen LogP contribution < -0.4 is 5.32 Å². The molecule has 4 nitrogen and oxygen atoms in total. The summed E-state index contributed by atoms with van der Waals surface area (Å²) in [5.74, 6) is -0.799. The highest BCUT2D eigenvalue weighted by Gasteiger charge is 2.11. The zero-order chi connectivity index (χ0) is 11.5. The molecule has 1 N–H and O–H groups in total. The van der Waals surface area contributed by atoms with Crippen molar-refractivity contribution in [2.75, 3.05) is 5.32 Å². The number of nitrogens with zero attached hydrogens (tertiary/aromatic N) is 1. The predicted molar refractivity (Wildman–Crippen MR) is 58.6 cm³/mol. The normalized spacial score (nSPS) is 10.1. The SMILES string of the molecule is O=C(Nc1ccc(F)cc1Br)c1ccon1. The Kier molecular flexibility index (Phi) is 3.00. The third-order valence-electron chi connectivity index (χ3n) is 1.85. The summed E-state index contributed by atoms with van der Waals surface area (Å²) in [6.07, 6.45) is 1.30. The number of rotatable bonds is 2. The number of amides is 1. The Labute approximate surface area is 98.6 Å². The Hall–Kier alpha value is -1.69. The monoisotopic (exact) mass is 284 g/mol. The van der Waals surface area contributed by atoms with E-state index in [0.29, 0.717) is 10.2 Å². The summed E-state index contributed by atoms with van der Waals surface area (Å²) in [6, 6.07) is 5.41. The van der Waals surface area contributed by atoms with Crippen molar-refractivity contribution in [3.05, 3.63) is 46.5 Å². The molecule has 2 aromatic rings. The van der Waals surface area contributed by atoms with Gasteiger partial charge in [-0.3, -0.25) is 4.79 Å². The second-order valence-electron chi connectivity index (χ2n) is 2.96. The Morgan fingerprint density at radius 3 is 2.88 bits per heavy atom. The lowest BCUT2D eigenvalue weighted by molar-refractivity contribution is 0.101. The zero-order valence-corrected chi connectivity index (χ0v) is 9.49. The molecule has 0 aliphatic heterocycles. The molecule has 0 saturated carbocycles. The van der Waals surface area contributed by atoms with E-state index in [-0.39, 0.29) is 11.5 Å². The Bertz CT molecular complexity index is 514. The van der Waals surface area contributed by atoms with Crippen molar-refractivity contribution in [2.45, 2.75) is 0 Å². The van der Waals surface area contributed by atoms with Gasteiger partial charge in [0.25, 0.3) is 5.91 Å². The van der Waals surface area contributed by atoms with Gasteiger partial charge in [-0.2, -0.15) is 0 Å². The van der Waals surface area contributed by atoms with Gasteiger partial charge >= 0.3 is 0 Å². The smallest absolute Gasteiger partial charge is 0.277 e. The molecule has 0 spiro atoms. The lowest BCUT2D eigenvalue weighted by Gasteiger charge is -2.05. The van der Waals surface area contributed by atoms with Crippen molar-refractivity contribution < 1.29 is 13.7 Å². The summed E-state index contributed by atoms with van der Waals surface area (Å²) in [6.45, 7) is 0. The molecule has 1 aromatic heterocycles. The van der Waals surface area contributed by atoms with Crippen molar-refractivity contribution in [1.82, 2.24) is 5.16 Å². The predicted octanol–water partition coefficient (Wildman–Crippen LogP) is 2.83. The van der Waals surface area contributed by atoms with Gasteiger partial charge in [-0.25, -0.2) is 4.39 Å². The molecule has 0 aliphatic carbocycles. The maximum absolute atomic E-state index is 12.8. The van der Waals surface area contributed by atoms with Gasteiger partial charge in [-0.05, 0) is 34.1 Å². The van der Waals surface area contributed by atoms with Crippen molar-refractivity contribution in [3.8, 4) is 0 Å². The number of carbonyl (C=O) groups is 1. The number of nitrogens with one attached hydrogen (secondary N) is 1. The van der Waals surface area contributed by atoms with Crippen LogP contribution in [0.5, 0.6) is 0 Å². The van der Waals surface area contributed by atoms with Gasteiger partial charge in [-0.15, -0.1) is 0 Å². The van der Waals surface area contributed by atoms with Gasteiger partial charge in [0.15, 0.2) is 5.69 Å². The highest BCUT2D eigenvalue weighted by atomic mass is 79.9. The molecule has 6 heteroatoms. The van der Waals surface area contributed by atoms with Crippen LogP contribution in [0.4, 0.5) is 10.1 Å². The second kappa shape index (κ2) is 4.44. The molecule has 1 heterocycles. The van der Waals surface area contributed by atoms with Crippen molar-refractivity contribution in [1.29, 1.82) is 0 Å². The van der Waals surface area contributed by atoms with Crippen LogP contribution in [0, 0.1) is 5.82 Å². The van der Waals surface area contributed by atoms with E-state index in [9.17, 15) is 9.18 Å². The van der Waals surface area contributed by atoms with E-state index in [1.165, 1.54) is 30.5 Å². The van der Waals surface area contributed by atoms with Crippen molar-refractivity contribution in [3.63, 3.8) is 0 Å². The fraction of sp³-hybridized carbons (Fsp3) is 0. The first kappa shape index (κ1) is 10.8. The molecule has 1 aromatic carbocycles. The first-order valence-electron chi connectivity index (χ1n) is 4.33. The number of hydrogen-bond acceptors (Lipinski definition) is 3. The molecule has 0 unspecified atom stereocenters. The number of anilines is 1. The summed E-state index contributed by atoms with van der Waals surface area (Å²) in [4.78, 5) is 11.6. The summed E-state index contributed by atoms with van der Waals surface area (Å²) < 4.78 is 17.8. The molecule has 1 amide bonds. The highest BCUT2D eigenvalue weighted by Crippen LogP contribution is 2.23. The van der Waals surface area contributed by atoms with E-state index in [1.54, 1.807) is 0 Å². The summed E-state index contributed by atoms with van der Waals surface area (Å²) in [5, 5.41) is 6.05. The van der Waals surface area contributed by atoms with Crippen LogP contribution in [-0.2, 0) is 0 Å². The fourth-order valence-corrected chi connectivity index (χ4v) is 1.56. The first-order valence-corrected chi connectivity index (χ1v) is 5.13. The molecular weight excluding hydrogens is 279 g/mol.